The van der Waals surface area contributed by atoms with Gasteiger partial charge in [0.15, 0.2) is 0 Å². The van der Waals surface area contributed by atoms with Gasteiger partial charge in [0.05, 0.1) is 4.90 Å². The molecule has 0 bridgehead atoms. The van der Waals surface area contributed by atoms with Gasteiger partial charge < -0.3 is 10.4 Å². The molecule has 2 rings (SSSR count). The molecule has 1 unspecified atom stereocenters. The van der Waals surface area contributed by atoms with Crippen molar-refractivity contribution in [1.82, 2.24) is 0 Å². The lowest BCUT2D eigenvalue weighted by Gasteiger charge is -2.16. The second kappa shape index (κ2) is 5.97. The Kier molecular flexibility index (Phi) is 4.28. The molecule has 0 radical (unpaired) electrons. The first-order valence-electron chi connectivity index (χ1n) is 6.26. The van der Waals surface area contributed by atoms with Crippen molar-refractivity contribution in [1.29, 1.82) is 0 Å². The Morgan fingerprint density at radius 1 is 1.05 bits per heavy atom. The Morgan fingerprint density at radius 3 is 2.14 bits per heavy atom. The first-order chi connectivity index (χ1) is 9.91. The highest BCUT2D eigenvalue weighted by atomic mass is 32.2. The van der Waals surface area contributed by atoms with Crippen LogP contribution in [0.25, 0.3) is 0 Å². The van der Waals surface area contributed by atoms with Gasteiger partial charge in [0.1, 0.15) is 0 Å². The molecule has 2 aromatic rings. The average Bonchev–Trinajstić information content (AvgIpc) is 2.46. The number of anilines is 1. The Balaban J connectivity index is 2.37. The zero-order chi connectivity index (χ0) is 15.5. The smallest absolute Gasteiger partial charge is 0.342 e. The van der Waals surface area contributed by atoms with E-state index in [1.807, 2.05) is 6.92 Å². The molecule has 2 aromatic carbocycles. The number of rotatable bonds is 5. The van der Waals surface area contributed by atoms with E-state index < -0.39 is 21.2 Å². The molecule has 0 aromatic heterocycles. The Bertz CT molecular complexity index is 724. The number of carboxylic acids is 1. The summed E-state index contributed by atoms with van der Waals surface area (Å²) in [6.07, 6.45) is 0. The van der Waals surface area contributed by atoms with E-state index in [-0.39, 0.29) is 4.90 Å². The molecule has 0 aliphatic carbocycles. The summed E-state index contributed by atoms with van der Waals surface area (Å²) >= 11 is 0. The predicted octanol–water partition coefficient (Wildman–Crippen LogP) is 2.29. The highest BCUT2D eigenvalue weighted by molar-refractivity contribution is 7.92. The topological polar surface area (TPSA) is 83.5 Å². The minimum atomic E-state index is -4.03. The van der Waals surface area contributed by atoms with Gasteiger partial charge in [0.25, 0.3) is 0 Å². The number of sulfone groups is 1. The molecule has 0 aliphatic rings. The van der Waals surface area contributed by atoms with Crippen LogP contribution in [0.1, 0.15) is 5.56 Å². The summed E-state index contributed by atoms with van der Waals surface area (Å²) in [6, 6.07) is 14.5. The van der Waals surface area contributed by atoms with Crippen LogP contribution in [-0.2, 0) is 14.6 Å². The fraction of sp³-hybridized carbons (Fsp3) is 0.133. The fourth-order valence-electron chi connectivity index (χ4n) is 1.82. The van der Waals surface area contributed by atoms with Gasteiger partial charge >= 0.3 is 5.97 Å². The van der Waals surface area contributed by atoms with Crippen LogP contribution < -0.4 is 5.32 Å². The maximum Gasteiger partial charge on any atom is 0.342 e. The second-order valence-electron chi connectivity index (χ2n) is 4.59. The Labute approximate surface area is 123 Å². The van der Waals surface area contributed by atoms with E-state index in [9.17, 15) is 18.3 Å². The van der Waals surface area contributed by atoms with Gasteiger partial charge in [0, 0.05) is 5.69 Å². The Morgan fingerprint density at radius 2 is 1.62 bits per heavy atom. The van der Waals surface area contributed by atoms with Gasteiger partial charge in [-0.3, -0.25) is 0 Å². The summed E-state index contributed by atoms with van der Waals surface area (Å²) in [5.41, 5.74) is 1.33. The fourth-order valence-corrected chi connectivity index (χ4v) is 3.17. The number of carbonyl (C=O) groups is 1. The zero-order valence-electron chi connectivity index (χ0n) is 11.4. The van der Waals surface area contributed by atoms with E-state index in [1.54, 1.807) is 42.5 Å². The van der Waals surface area contributed by atoms with Crippen molar-refractivity contribution in [2.24, 2.45) is 0 Å². The summed E-state index contributed by atoms with van der Waals surface area (Å²) in [5.74, 6) is -1.44. The van der Waals surface area contributed by atoms with Gasteiger partial charge in [-0.2, -0.15) is 0 Å². The molecule has 21 heavy (non-hydrogen) atoms. The van der Waals surface area contributed by atoms with Crippen molar-refractivity contribution >= 4 is 21.5 Å². The van der Waals surface area contributed by atoms with E-state index >= 15 is 0 Å². The Hall–Kier alpha value is -2.34. The minimum Gasteiger partial charge on any atom is -0.479 e. The third kappa shape index (κ3) is 3.41. The first-order valence-corrected chi connectivity index (χ1v) is 7.81. The van der Waals surface area contributed by atoms with Crippen molar-refractivity contribution < 1.29 is 18.3 Å². The van der Waals surface area contributed by atoms with Gasteiger partial charge in [0.2, 0.25) is 15.2 Å². The number of carboxylic acid groups (broad SMARTS) is 1. The molecule has 6 heteroatoms. The van der Waals surface area contributed by atoms with Crippen molar-refractivity contribution in [2.75, 3.05) is 5.32 Å². The summed E-state index contributed by atoms with van der Waals surface area (Å²) in [5, 5.41) is 10.1. The molecule has 0 heterocycles. The summed E-state index contributed by atoms with van der Waals surface area (Å²) in [7, 11) is -4.03. The van der Waals surface area contributed by atoms with Gasteiger partial charge in [-0.15, -0.1) is 0 Å². The lowest BCUT2D eigenvalue weighted by molar-refractivity contribution is -0.135. The molecular weight excluding hydrogens is 290 g/mol. The SMILES string of the molecule is Cc1ccc(S(=O)(=O)C(Nc2ccccc2)C(=O)O)cc1. The van der Waals surface area contributed by atoms with Crippen LogP contribution in [0.3, 0.4) is 0 Å². The first kappa shape index (κ1) is 15.1. The molecule has 0 spiro atoms. The largest absolute Gasteiger partial charge is 0.479 e. The third-order valence-corrected chi connectivity index (χ3v) is 4.82. The number of para-hydroxylation sites is 1. The number of aryl methyl sites for hydroxylation is 1. The molecule has 2 N–H and O–H groups in total. The number of hydrogen-bond donors (Lipinski definition) is 2. The summed E-state index contributed by atoms with van der Waals surface area (Å²) < 4.78 is 24.9. The van der Waals surface area contributed by atoms with Gasteiger partial charge in [-0.25, -0.2) is 13.2 Å². The van der Waals surface area contributed by atoms with E-state index in [2.05, 4.69) is 5.32 Å². The van der Waals surface area contributed by atoms with E-state index in [1.165, 1.54) is 12.1 Å². The quantitative estimate of drug-likeness (QED) is 0.885. The van der Waals surface area contributed by atoms with Crippen molar-refractivity contribution in [3.63, 3.8) is 0 Å². The highest BCUT2D eigenvalue weighted by Gasteiger charge is 2.33. The lowest BCUT2D eigenvalue weighted by Crippen LogP contribution is -2.37. The second-order valence-corrected chi connectivity index (χ2v) is 6.62. The van der Waals surface area contributed by atoms with Crippen LogP contribution in [0.2, 0.25) is 0 Å². The number of hydrogen-bond acceptors (Lipinski definition) is 4. The van der Waals surface area contributed by atoms with Crippen LogP contribution in [0.4, 0.5) is 5.69 Å². The predicted molar refractivity (Wildman–Crippen MR) is 79.9 cm³/mol. The monoisotopic (exact) mass is 305 g/mol. The van der Waals surface area contributed by atoms with E-state index in [0.717, 1.165) is 5.56 Å². The molecule has 0 aliphatic heterocycles. The van der Waals surface area contributed by atoms with Crippen molar-refractivity contribution in [3.8, 4) is 0 Å². The summed E-state index contributed by atoms with van der Waals surface area (Å²) in [4.78, 5) is 11.3. The minimum absolute atomic E-state index is 0.0241. The average molecular weight is 305 g/mol. The molecule has 0 saturated heterocycles. The normalized spacial score (nSPS) is 12.6. The molecule has 1 atom stereocenters. The van der Waals surface area contributed by atoms with E-state index in [0.29, 0.717) is 5.69 Å². The molecule has 0 amide bonds. The third-order valence-electron chi connectivity index (χ3n) is 2.96. The van der Waals surface area contributed by atoms with Crippen LogP contribution in [0, 0.1) is 6.92 Å². The molecule has 110 valence electrons. The standard InChI is InChI=1S/C15H15NO4S/c1-11-7-9-13(10-8-11)21(19,20)14(15(17)18)16-12-5-3-2-4-6-12/h2-10,14,16H,1H3,(H,17,18). The number of aliphatic carboxylic acids is 1. The zero-order valence-corrected chi connectivity index (χ0v) is 12.2. The maximum absolute atomic E-state index is 12.4. The molecule has 0 fully saturated rings. The molecule has 5 nitrogen and oxygen atoms in total. The molecular formula is C15H15NO4S. The van der Waals surface area contributed by atoms with Crippen molar-refractivity contribution in [2.45, 2.75) is 17.2 Å². The van der Waals surface area contributed by atoms with Crippen LogP contribution in [-0.4, -0.2) is 24.9 Å². The number of benzene rings is 2. The lowest BCUT2D eigenvalue weighted by atomic mass is 10.2. The molecule has 0 saturated carbocycles. The maximum atomic E-state index is 12.4. The van der Waals surface area contributed by atoms with Crippen LogP contribution >= 0.6 is 0 Å². The van der Waals surface area contributed by atoms with Crippen LogP contribution in [0.15, 0.2) is 59.5 Å². The van der Waals surface area contributed by atoms with Crippen molar-refractivity contribution in [3.05, 3.63) is 60.2 Å². The highest BCUT2D eigenvalue weighted by Crippen LogP contribution is 2.19. The van der Waals surface area contributed by atoms with E-state index in [4.69, 9.17) is 0 Å². The summed E-state index contributed by atoms with van der Waals surface area (Å²) in [6.45, 7) is 1.83. The number of nitrogens with one attached hydrogen (secondary N) is 1. The van der Waals surface area contributed by atoms with Gasteiger partial charge in [-0.05, 0) is 31.2 Å². The van der Waals surface area contributed by atoms with Crippen LogP contribution in [0.5, 0.6) is 0 Å². The van der Waals surface area contributed by atoms with Gasteiger partial charge in [-0.1, -0.05) is 35.9 Å².